The minimum atomic E-state index is 0.0502. The molecular weight excluding hydrogens is 408 g/mol. The Bertz CT molecular complexity index is 1190. The van der Waals surface area contributed by atoms with Crippen molar-refractivity contribution in [2.24, 2.45) is 0 Å². The van der Waals surface area contributed by atoms with E-state index < -0.39 is 0 Å². The number of hydrogen-bond donors (Lipinski definition) is 0. The fraction of sp³-hybridized carbons (Fsp3) is 0.364. The van der Waals surface area contributed by atoms with Gasteiger partial charge in [-0.1, -0.05) is 18.5 Å². The fourth-order valence-electron chi connectivity index (χ4n) is 3.63. The van der Waals surface area contributed by atoms with Crippen LogP contribution in [0.3, 0.4) is 0 Å². The second-order valence-electron chi connectivity index (χ2n) is 7.16. The van der Waals surface area contributed by atoms with Crippen LogP contribution in [0, 0.1) is 13.8 Å². The minimum absolute atomic E-state index is 0.0502. The summed E-state index contributed by atoms with van der Waals surface area (Å²) in [7, 11) is 1.60. The van der Waals surface area contributed by atoms with Crippen molar-refractivity contribution < 1.29 is 9.47 Å². The van der Waals surface area contributed by atoms with E-state index in [0.717, 1.165) is 50.5 Å². The van der Waals surface area contributed by atoms with E-state index in [1.165, 1.54) is 0 Å². The molecule has 0 unspecified atom stereocenters. The number of thiophene rings is 1. The maximum atomic E-state index is 13.0. The Morgan fingerprint density at radius 2 is 2.14 bits per heavy atom. The summed E-state index contributed by atoms with van der Waals surface area (Å²) < 4.78 is 13.0. The van der Waals surface area contributed by atoms with E-state index in [9.17, 15) is 4.79 Å². The number of nitrogens with zero attached hydrogens (tertiary/aromatic N) is 2. The van der Waals surface area contributed by atoms with Gasteiger partial charge in [0.1, 0.15) is 10.7 Å². The molecule has 3 aromatic rings. The first-order valence-electron chi connectivity index (χ1n) is 9.66. The Balaban J connectivity index is 1.79. The molecule has 1 aliphatic rings. The largest absolute Gasteiger partial charge is 0.493 e. The van der Waals surface area contributed by atoms with E-state index >= 15 is 0 Å². The number of aryl methyl sites for hydroxylation is 2. The molecule has 0 bridgehead atoms. The molecule has 1 aliphatic heterocycles. The number of ether oxygens (including phenoxy) is 2. The smallest absolute Gasteiger partial charge is 0.262 e. The first-order chi connectivity index (χ1) is 13.9. The molecule has 152 valence electrons. The summed E-state index contributed by atoms with van der Waals surface area (Å²) in [6, 6.07) is 3.77. The predicted octanol–water partition coefficient (Wildman–Crippen LogP) is 5.47. The van der Waals surface area contributed by atoms with Gasteiger partial charge in [-0.3, -0.25) is 9.36 Å². The molecule has 0 spiro atoms. The van der Waals surface area contributed by atoms with E-state index in [4.69, 9.17) is 26.1 Å². The summed E-state index contributed by atoms with van der Waals surface area (Å²) in [5, 5.41) is 1.26. The first kappa shape index (κ1) is 20.0. The molecule has 0 amide bonds. The van der Waals surface area contributed by atoms with Gasteiger partial charge in [0.25, 0.3) is 5.56 Å². The SMILES string of the molecule is CCCOc1c(Cl)cc(/C=C2\CCn3c2nc2sc(C)c(C)c2c3=O)cc1OC. The van der Waals surface area contributed by atoms with Crippen molar-refractivity contribution in [3.8, 4) is 11.5 Å². The first-order valence-corrected chi connectivity index (χ1v) is 10.9. The van der Waals surface area contributed by atoms with E-state index in [2.05, 4.69) is 0 Å². The van der Waals surface area contributed by atoms with Crippen LogP contribution in [0.2, 0.25) is 5.02 Å². The van der Waals surface area contributed by atoms with Crippen molar-refractivity contribution in [3.05, 3.63) is 49.3 Å². The van der Waals surface area contributed by atoms with Gasteiger partial charge >= 0.3 is 0 Å². The van der Waals surface area contributed by atoms with Crippen molar-refractivity contribution in [1.82, 2.24) is 9.55 Å². The third-order valence-electron chi connectivity index (χ3n) is 5.22. The predicted molar refractivity (Wildman–Crippen MR) is 120 cm³/mol. The zero-order valence-corrected chi connectivity index (χ0v) is 18.5. The van der Waals surface area contributed by atoms with Gasteiger partial charge in [0, 0.05) is 11.4 Å². The summed E-state index contributed by atoms with van der Waals surface area (Å²) in [5.41, 5.74) is 3.00. The van der Waals surface area contributed by atoms with E-state index in [1.54, 1.807) is 23.0 Å². The molecule has 4 rings (SSSR count). The maximum Gasteiger partial charge on any atom is 0.262 e. The standard InChI is InChI=1S/C22H23ClN2O3S/c1-5-8-28-19-16(23)10-14(11-17(19)27-4)9-15-6-7-25-20(15)24-21-18(22(25)26)12(2)13(3)29-21/h9-11H,5-8H2,1-4H3/b15-9+. The lowest BCUT2D eigenvalue weighted by molar-refractivity contribution is 0.294. The molecule has 0 saturated heterocycles. The lowest BCUT2D eigenvalue weighted by Gasteiger charge is -2.13. The average Bonchev–Trinajstić information content (AvgIpc) is 3.22. The highest BCUT2D eigenvalue weighted by Gasteiger charge is 2.23. The van der Waals surface area contributed by atoms with Crippen LogP contribution in [0.1, 0.15) is 41.6 Å². The highest BCUT2D eigenvalue weighted by Crippen LogP contribution is 2.38. The van der Waals surface area contributed by atoms with Crippen LogP contribution in [0.25, 0.3) is 21.9 Å². The highest BCUT2D eigenvalue weighted by molar-refractivity contribution is 7.18. The summed E-state index contributed by atoms with van der Waals surface area (Å²) >= 11 is 8.03. The van der Waals surface area contributed by atoms with Crippen LogP contribution in [0.5, 0.6) is 11.5 Å². The minimum Gasteiger partial charge on any atom is -0.493 e. The van der Waals surface area contributed by atoms with Crippen LogP contribution >= 0.6 is 22.9 Å². The molecule has 29 heavy (non-hydrogen) atoms. The molecule has 0 fully saturated rings. The number of allylic oxidation sites excluding steroid dienone is 1. The number of aromatic nitrogens is 2. The summed E-state index contributed by atoms with van der Waals surface area (Å²) in [6.07, 6.45) is 3.67. The number of fused-ring (bicyclic) bond motifs is 2. The van der Waals surface area contributed by atoms with Crippen LogP contribution in [0.4, 0.5) is 0 Å². The number of rotatable bonds is 5. The fourth-order valence-corrected chi connectivity index (χ4v) is 4.92. The van der Waals surface area contributed by atoms with Gasteiger partial charge in [0.05, 0.1) is 24.1 Å². The van der Waals surface area contributed by atoms with Crippen molar-refractivity contribution in [2.75, 3.05) is 13.7 Å². The molecule has 0 radical (unpaired) electrons. The molecule has 0 N–H and O–H groups in total. The van der Waals surface area contributed by atoms with Crippen LogP contribution < -0.4 is 15.0 Å². The number of hydrogen-bond acceptors (Lipinski definition) is 5. The average molecular weight is 431 g/mol. The van der Waals surface area contributed by atoms with Crippen LogP contribution in [-0.2, 0) is 6.54 Å². The second kappa shape index (κ2) is 7.84. The number of methoxy groups -OCH3 is 1. The molecule has 3 heterocycles. The Hall–Kier alpha value is -2.31. The van der Waals surface area contributed by atoms with E-state index in [1.807, 2.05) is 39.0 Å². The third kappa shape index (κ3) is 3.45. The van der Waals surface area contributed by atoms with E-state index in [0.29, 0.717) is 29.7 Å². The quantitative estimate of drug-likeness (QED) is 0.538. The number of halogens is 1. The van der Waals surface area contributed by atoms with Crippen molar-refractivity contribution in [2.45, 2.75) is 40.2 Å². The Kier molecular flexibility index (Phi) is 5.40. The molecule has 7 heteroatoms. The van der Waals surface area contributed by atoms with E-state index in [-0.39, 0.29) is 5.56 Å². The van der Waals surface area contributed by atoms with Gasteiger partial charge in [-0.05, 0) is 61.6 Å². The Labute approximate surface area is 178 Å². The topological polar surface area (TPSA) is 53.4 Å². The molecular formula is C22H23ClN2O3S. The normalized spacial score (nSPS) is 14.6. The lowest BCUT2D eigenvalue weighted by atomic mass is 10.1. The van der Waals surface area contributed by atoms with Gasteiger partial charge in [0.15, 0.2) is 11.5 Å². The molecule has 5 nitrogen and oxygen atoms in total. The summed E-state index contributed by atoms with van der Waals surface area (Å²) in [5.74, 6) is 1.90. The summed E-state index contributed by atoms with van der Waals surface area (Å²) in [4.78, 5) is 19.8. The van der Waals surface area contributed by atoms with Crippen LogP contribution in [-0.4, -0.2) is 23.3 Å². The molecule has 0 aliphatic carbocycles. The van der Waals surface area contributed by atoms with Gasteiger partial charge < -0.3 is 9.47 Å². The number of benzene rings is 1. The van der Waals surface area contributed by atoms with Gasteiger partial charge in [0.2, 0.25) is 0 Å². The van der Waals surface area contributed by atoms with Crippen molar-refractivity contribution in [1.29, 1.82) is 0 Å². The molecule has 0 atom stereocenters. The monoisotopic (exact) mass is 430 g/mol. The Morgan fingerprint density at radius 3 is 2.86 bits per heavy atom. The zero-order chi connectivity index (χ0) is 20.7. The second-order valence-corrected chi connectivity index (χ2v) is 8.77. The summed E-state index contributed by atoms with van der Waals surface area (Å²) in [6.45, 7) is 7.28. The van der Waals surface area contributed by atoms with Crippen molar-refractivity contribution in [3.63, 3.8) is 0 Å². The van der Waals surface area contributed by atoms with Crippen molar-refractivity contribution >= 4 is 44.8 Å². The van der Waals surface area contributed by atoms with Gasteiger partial charge in [-0.25, -0.2) is 4.98 Å². The molecule has 1 aromatic carbocycles. The zero-order valence-electron chi connectivity index (χ0n) is 17.0. The lowest BCUT2D eigenvalue weighted by Crippen LogP contribution is -2.20. The Morgan fingerprint density at radius 1 is 1.34 bits per heavy atom. The maximum absolute atomic E-state index is 13.0. The van der Waals surface area contributed by atoms with Gasteiger partial charge in [-0.2, -0.15) is 0 Å². The van der Waals surface area contributed by atoms with Gasteiger partial charge in [-0.15, -0.1) is 11.3 Å². The molecule has 0 saturated carbocycles. The highest BCUT2D eigenvalue weighted by atomic mass is 35.5. The van der Waals surface area contributed by atoms with Crippen LogP contribution in [0.15, 0.2) is 16.9 Å². The third-order valence-corrected chi connectivity index (χ3v) is 6.61. The molecule has 2 aromatic heterocycles.